The van der Waals surface area contributed by atoms with Crippen molar-refractivity contribution < 1.29 is 22.1 Å². The lowest BCUT2D eigenvalue weighted by Crippen LogP contribution is -2.34. The average molecular weight is 541 g/mol. The van der Waals surface area contributed by atoms with Gasteiger partial charge in [0.05, 0.1) is 18.6 Å². The molecule has 7 nitrogen and oxygen atoms in total. The number of carbonyl (C=O) groups is 1. The third kappa shape index (κ3) is 6.97. The van der Waals surface area contributed by atoms with E-state index in [-0.39, 0.29) is 6.61 Å². The van der Waals surface area contributed by atoms with Crippen molar-refractivity contribution in [2.45, 2.75) is 84.5 Å². The summed E-state index contributed by atoms with van der Waals surface area (Å²) in [6.07, 6.45) is 6.52. The number of benzene rings is 2. The molecule has 1 aliphatic carbocycles. The van der Waals surface area contributed by atoms with Crippen LogP contribution in [0.2, 0.25) is 0 Å². The van der Waals surface area contributed by atoms with Gasteiger partial charge in [-0.15, -0.1) is 0 Å². The molecule has 2 aromatic carbocycles. The summed E-state index contributed by atoms with van der Waals surface area (Å²) < 4.78 is 36.6. The van der Waals surface area contributed by atoms with E-state index >= 15 is 0 Å². The van der Waals surface area contributed by atoms with Gasteiger partial charge in [0.25, 0.3) is 10.1 Å². The Balaban J connectivity index is 1.84. The van der Waals surface area contributed by atoms with Gasteiger partial charge in [-0.3, -0.25) is 4.18 Å². The van der Waals surface area contributed by atoms with E-state index < -0.39 is 21.8 Å². The largest absolute Gasteiger partial charge is 0.444 e. The smallest absolute Gasteiger partial charge is 0.407 e. The first kappa shape index (κ1) is 28.2. The maximum Gasteiger partial charge on any atom is 0.407 e. The fraction of sp³-hybridized carbons (Fsp3) is 0.500. The minimum Gasteiger partial charge on any atom is -0.444 e. The van der Waals surface area contributed by atoms with Gasteiger partial charge in [0.2, 0.25) is 0 Å². The molecule has 1 saturated carbocycles. The Morgan fingerprint density at radius 2 is 1.79 bits per heavy atom. The maximum atomic E-state index is 12.4. The van der Waals surface area contributed by atoms with Crippen LogP contribution in [0.3, 0.4) is 0 Å². The third-order valence-corrected chi connectivity index (χ3v) is 7.52. The van der Waals surface area contributed by atoms with Crippen molar-refractivity contribution in [3.63, 3.8) is 0 Å². The highest BCUT2D eigenvalue weighted by Gasteiger charge is 2.28. The Morgan fingerprint density at radius 1 is 1.08 bits per heavy atom. The molecular weight excluding hydrogens is 500 g/mol. The van der Waals surface area contributed by atoms with Crippen molar-refractivity contribution in [1.82, 2.24) is 9.88 Å². The van der Waals surface area contributed by atoms with Gasteiger partial charge in [-0.05, 0) is 69.2 Å². The van der Waals surface area contributed by atoms with Crippen LogP contribution in [0.25, 0.3) is 22.2 Å². The number of nitrogens with one attached hydrogen (secondary N) is 1. The number of amides is 1. The fourth-order valence-corrected chi connectivity index (χ4v) is 5.79. The van der Waals surface area contributed by atoms with E-state index in [0.29, 0.717) is 19.0 Å². The number of aromatic nitrogens is 1. The molecular formula is C30H40N2O5S. The second kappa shape index (κ2) is 11.5. The van der Waals surface area contributed by atoms with Gasteiger partial charge >= 0.3 is 6.09 Å². The van der Waals surface area contributed by atoms with Crippen LogP contribution in [0.15, 0.2) is 42.5 Å². The molecule has 8 heteroatoms. The van der Waals surface area contributed by atoms with E-state index in [4.69, 9.17) is 8.92 Å². The number of nitrogens with zero attached hydrogens (tertiary/aromatic N) is 1. The van der Waals surface area contributed by atoms with Gasteiger partial charge in [0, 0.05) is 29.6 Å². The van der Waals surface area contributed by atoms with Crippen LogP contribution >= 0.6 is 0 Å². The molecule has 0 saturated heterocycles. The molecule has 3 aromatic rings. The van der Waals surface area contributed by atoms with Crippen molar-refractivity contribution in [3.8, 4) is 11.3 Å². The molecule has 1 fully saturated rings. The lowest BCUT2D eigenvalue weighted by Gasteiger charge is -2.24. The normalized spacial score (nSPS) is 15.1. The van der Waals surface area contributed by atoms with E-state index in [1.54, 1.807) is 0 Å². The van der Waals surface area contributed by atoms with Crippen molar-refractivity contribution in [2.75, 3.05) is 12.8 Å². The summed E-state index contributed by atoms with van der Waals surface area (Å²) in [5.74, 6) is 0.410. The molecule has 1 aliphatic rings. The van der Waals surface area contributed by atoms with Crippen molar-refractivity contribution in [2.24, 2.45) is 0 Å². The average Bonchev–Trinajstić information content (AvgIpc) is 3.15. The van der Waals surface area contributed by atoms with E-state index in [0.717, 1.165) is 47.0 Å². The number of hydrogen-bond donors (Lipinski definition) is 1. The molecule has 0 atom stereocenters. The van der Waals surface area contributed by atoms with Gasteiger partial charge in [-0.25, -0.2) is 4.79 Å². The lowest BCUT2D eigenvalue weighted by molar-refractivity contribution is 0.0526. The van der Waals surface area contributed by atoms with Gasteiger partial charge in [0.1, 0.15) is 5.60 Å². The first-order chi connectivity index (χ1) is 17.9. The van der Waals surface area contributed by atoms with Crippen LogP contribution in [0.5, 0.6) is 0 Å². The Morgan fingerprint density at radius 3 is 2.47 bits per heavy atom. The topological polar surface area (TPSA) is 86.6 Å². The van der Waals surface area contributed by atoms with Gasteiger partial charge in [0.15, 0.2) is 0 Å². The Hall–Kier alpha value is -2.84. The molecule has 1 heterocycles. The Labute approximate surface area is 226 Å². The van der Waals surface area contributed by atoms with Crippen LogP contribution < -0.4 is 5.32 Å². The highest BCUT2D eigenvalue weighted by Crippen LogP contribution is 2.45. The Kier molecular flexibility index (Phi) is 8.52. The number of ether oxygens (including phenoxy) is 1. The SMILES string of the molecule is Cc1ccc2c(C3CCCCC3)c(-c3ccccc3COS(C)(=O)=O)n(CCNC(=O)OC(C)(C)C)c2c1. The molecule has 0 bridgehead atoms. The zero-order valence-electron chi connectivity index (χ0n) is 23.2. The lowest BCUT2D eigenvalue weighted by atomic mass is 9.81. The van der Waals surface area contributed by atoms with E-state index in [9.17, 15) is 13.2 Å². The number of rotatable bonds is 8. The summed E-state index contributed by atoms with van der Waals surface area (Å²) in [7, 11) is -3.60. The standard InChI is InChI=1S/C30H40N2O5S/c1-21-15-16-25-26(19-21)32(18-17-31-29(33)37-30(2,3)4)28(27(25)22-11-7-6-8-12-22)24-14-10-9-13-23(24)20-36-38(5,34)35/h9-10,13-16,19,22H,6-8,11-12,17-18,20H2,1-5H3,(H,31,33). The molecule has 206 valence electrons. The van der Waals surface area contributed by atoms with E-state index in [2.05, 4.69) is 35.0 Å². The van der Waals surface area contributed by atoms with Crippen molar-refractivity contribution in [3.05, 3.63) is 59.2 Å². The molecule has 1 N–H and O–H groups in total. The monoisotopic (exact) mass is 540 g/mol. The van der Waals surface area contributed by atoms with Gasteiger partial charge < -0.3 is 14.6 Å². The first-order valence-electron chi connectivity index (χ1n) is 13.5. The molecule has 1 aromatic heterocycles. The number of hydrogen-bond acceptors (Lipinski definition) is 5. The predicted octanol–water partition coefficient (Wildman–Crippen LogP) is 6.67. The highest BCUT2D eigenvalue weighted by molar-refractivity contribution is 7.85. The molecule has 1 amide bonds. The summed E-state index contributed by atoms with van der Waals surface area (Å²) >= 11 is 0. The summed E-state index contributed by atoms with van der Waals surface area (Å²) in [5, 5.41) is 4.12. The molecule has 38 heavy (non-hydrogen) atoms. The zero-order chi connectivity index (χ0) is 27.5. The van der Waals surface area contributed by atoms with Crippen LogP contribution in [-0.2, 0) is 32.2 Å². The molecule has 0 spiro atoms. The van der Waals surface area contributed by atoms with Crippen molar-refractivity contribution in [1.29, 1.82) is 0 Å². The molecule has 0 aliphatic heterocycles. The molecule has 0 unspecified atom stereocenters. The number of aryl methyl sites for hydroxylation is 1. The van der Waals surface area contributed by atoms with Crippen LogP contribution in [0, 0.1) is 6.92 Å². The third-order valence-electron chi connectivity index (χ3n) is 6.98. The van der Waals surface area contributed by atoms with Gasteiger partial charge in [-0.2, -0.15) is 8.42 Å². The number of fused-ring (bicyclic) bond motifs is 1. The minimum absolute atomic E-state index is 0.0319. The summed E-state index contributed by atoms with van der Waals surface area (Å²) in [6, 6.07) is 14.4. The summed E-state index contributed by atoms with van der Waals surface area (Å²) in [5.41, 5.74) is 5.87. The molecule has 0 radical (unpaired) electrons. The van der Waals surface area contributed by atoms with Crippen LogP contribution in [0.1, 0.15) is 75.5 Å². The van der Waals surface area contributed by atoms with E-state index in [1.807, 2.05) is 45.0 Å². The van der Waals surface area contributed by atoms with Crippen LogP contribution in [-0.4, -0.2) is 37.5 Å². The maximum absolute atomic E-state index is 12.4. The number of alkyl carbamates (subject to hydrolysis) is 1. The first-order valence-corrected chi connectivity index (χ1v) is 15.3. The van der Waals surface area contributed by atoms with E-state index in [1.165, 1.54) is 30.2 Å². The minimum atomic E-state index is -3.60. The number of carbonyl (C=O) groups excluding carboxylic acids is 1. The van der Waals surface area contributed by atoms with Crippen LogP contribution in [0.4, 0.5) is 4.79 Å². The highest BCUT2D eigenvalue weighted by atomic mass is 32.2. The predicted molar refractivity (Wildman–Crippen MR) is 152 cm³/mol. The summed E-state index contributed by atoms with van der Waals surface area (Å²) in [4.78, 5) is 12.4. The quantitative estimate of drug-likeness (QED) is 0.323. The van der Waals surface area contributed by atoms with Crippen molar-refractivity contribution >= 4 is 27.1 Å². The molecule has 4 rings (SSSR count). The Bertz CT molecular complexity index is 1400. The second-order valence-corrected chi connectivity index (χ2v) is 13.0. The fourth-order valence-electron chi connectivity index (χ4n) is 5.45. The summed E-state index contributed by atoms with van der Waals surface area (Å²) in [6.45, 7) is 8.53. The van der Waals surface area contributed by atoms with Gasteiger partial charge in [-0.1, -0.05) is 55.7 Å². The second-order valence-electron chi connectivity index (χ2n) is 11.3. The zero-order valence-corrected chi connectivity index (χ0v) is 24.0.